The molecular formula is C29H50N4O5. The first kappa shape index (κ1) is 31.9. The van der Waals surface area contributed by atoms with Crippen LogP contribution >= 0.6 is 0 Å². The summed E-state index contributed by atoms with van der Waals surface area (Å²) in [6, 6.07) is 4.40. The first-order valence-corrected chi connectivity index (χ1v) is 14.2. The van der Waals surface area contributed by atoms with E-state index in [-0.39, 0.29) is 42.7 Å². The number of carbonyl (C=O) groups excluding carboxylic acids is 2. The average Bonchev–Trinajstić information content (AvgIpc) is 2.85. The second-order valence-electron chi connectivity index (χ2n) is 11.0. The number of benzene rings is 1. The van der Waals surface area contributed by atoms with Crippen molar-refractivity contribution < 1.29 is 24.2 Å². The number of fused-ring (bicyclic) bond motifs is 1. The molecule has 4 atom stereocenters. The molecule has 0 unspecified atom stereocenters. The van der Waals surface area contributed by atoms with E-state index >= 15 is 0 Å². The van der Waals surface area contributed by atoms with Crippen LogP contribution in [0.2, 0.25) is 0 Å². The van der Waals surface area contributed by atoms with Gasteiger partial charge in [0.15, 0.2) is 0 Å². The fourth-order valence-electron chi connectivity index (χ4n) is 4.67. The lowest BCUT2D eigenvalue weighted by Crippen LogP contribution is -2.47. The maximum Gasteiger partial charge on any atom is 0.319 e. The van der Waals surface area contributed by atoms with Crippen molar-refractivity contribution in [3.8, 4) is 5.75 Å². The van der Waals surface area contributed by atoms with Gasteiger partial charge in [0.05, 0.1) is 30.4 Å². The number of ether oxygens (including phenoxy) is 2. The van der Waals surface area contributed by atoms with Crippen molar-refractivity contribution >= 4 is 17.6 Å². The molecule has 0 bridgehead atoms. The quantitative estimate of drug-likeness (QED) is 0.458. The van der Waals surface area contributed by atoms with Crippen molar-refractivity contribution in [1.82, 2.24) is 15.1 Å². The van der Waals surface area contributed by atoms with Gasteiger partial charge in [0.2, 0.25) is 0 Å². The lowest BCUT2D eigenvalue weighted by atomic mass is 10.0. The van der Waals surface area contributed by atoms with Gasteiger partial charge in [-0.15, -0.1) is 0 Å². The number of urea groups is 1. The average molecular weight is 535 g/mol. The summed E-state index contributed by atoms with van der Waals surface area (Å²) >= 11 is 0. The summed E-state index contributed by atoms with van der Waals surface area (Å²) in [5.74, 6) is 0.274. The molecular weight excluding hydrogens is 484 g/mol. The summed E-state index contributed by atoms with van der Waals surface area (Å²) in [4.78, 5) is 30.4. The molecule has 0 saturated carbocycles. The number of hydrogen-bond donors (Lipinski definition) is 3. The highest BCUT2D eigenvalue weighted by Crippen LogP contribution is 2.28. The van der Waals surface area contributed by atoms with Crippen molar-refractivity contribution in [3.63, 3.8) is 0 Å². The number of aliphatic hydroxyl groups is 1. The van der Waals surface area contributed by atoms with Gasteiger partial charge in [-0.3, -0.25) is 4.79 Å². The number of amides is 3. The molecule has 3 N–H and O–H groups in total. The zero-order valence-corrected chi connectivity index (χ0v) is 24.5. The van der Waals surface area contributed by atoms with Crippen molar-refractivity contribution in [2.75, 3.05) is 45.2 Å². The van der Waals surface area contributed by atoms with Crippen LogP contribution in [-0.4, -0.2) is 91.0 Å². The first-order valence-electron chi connectivity index (χ1n) is 14.2. The molecule has 2 rings (SSSR count). The summed E-state index contributed by atoms with van der Waals surface area (Å²) in [6.07, 6.45) is 3.65. The van der Waals surface area contributed by atoms with Gasteiger partial charge in [-0.25, -0.2) is 4.79 Å². The summed E-state index contributed by atoms with van der Waals surface area (Å²) in [6.45, 7) is 14.5. The molecule has 0 spiro atoms. The van der Waals surface area contributed by atoms with Crippen LogP contribution in [0.15, 0.2) is 18.2 Å². The van der Waals surface area contributed by atoms with E-state index in [1.54, 1.807) is 23.1 Å². The number of carbonyl (C=O) groups is 2. The molecule has 3 amide bonds. The van der Waals surface area contributed by atoms with Gasteiger partial charge in [-0.1, -0.05) is 13.8 Å². The Kier molecular flexibility index (Phi) is 13.3. The Morgan fingerprint density at radius 3 is 2.63 bits per heavy atom. The Morgan fingerprint density at radius 1 is 1.24 bits per heavy atom. The summed E-state index contributed by atoms with van der Waals surface area (Å²) in [5.41, 5.74) is 0.865. The number of hydrogen-bond acceptors (Lipinski definition) is 6. The van der Waals surface area contributed by atoms with Gasteiger partial charge in [0.1, 0.15) is 5.75 Å². The van der Waals surface area contributed by atoms with Crippen LogP contribution in [0.4, 0.5) is 10.5 Å². The first-order chi connectivity index (χ1) is 18.0. The van der Waals surface area contributed by atoms with Gasteiger partial charge < -0.3 is 35.0 Å². The van der Waals surface area contributed by atoms with Gasteiger partial charge >= 0.3 is 6.03 Å². The van der Waals surface area contributed by atoms with Gasteiger partial charge in [0, 0.05) is 37.3 Å². The smallest absolute Gasteiger partial charge is 0.319 e. The maximum atomic E-state index is 14.1. The predicted molar refractivity (Wildman–Crippen MR) is 152 cm³/mol. The Morgan fingerprint density at radius 2 is 1.97 bits per heavy atom. The zero-order valence-electron chi connectivity index (χ0n) is 24.5. The van der Waals surface area contributed by atoms with Gasteiger partial charge in [-0.05, 0) is 85.2 Å². The third-order valence-electron chi connectivity index (χ3n) is 6.83. The second-order valence-corrected chi connectivity index (χ2v) is 11.0. The van der Waals surface area contributed by atoms with Gasteiger partial charge in [0.25, 0.3) is 5.91 Å². The molecule has 0 fully saturated rings. The van der Waals surface area contributed by atoms with Crippen molar-refractivity contribution in [2.24, 2.45) is 5.92 Å². The van der Waals surface area contributed by atoms with E-state index in [0.717, 1.165) is 38.8 Å². The largest absolute Gasteiger partial charge is 0.490 e. The minimum Gasteiger partial charge on any atom is -0.490 e. The van der Waals surface area contributed by atoms with Crippen LogP contribution in [0.25, 0.3) is 0 Å². The number of nitrogens with zero attached hydrogens (tertiary/aromatic N) is 2. The molecule has 0 aliphatic carbocycles. The van der Waals surface area contributed by atoms with Crippen LogP contribution in [-0.2, 0) is 4.74 Å². The maximum absolute atomic E-state index is 14.1. The lowest BCUT2D eigenvalue weighted by molar-refractivity contribution is -0.0167. The van der Waals surface area contributed by atoms with E-state index in [2.05, 4.69) is 36.4 Å². The highest BCUT2D eigenvalue weighted by molar-refractivity contribution is 5.99. The Labute approximate surface area is 229 Å². The minimum absolute atomic E-state index is 0.0213. The SMILES string of the molecule is CCCN(C)C[C@@H]1OCCCC[C@@H](C)Oc2ccc(NC(=O)NC(C)C)cc2C(=O)N([C@@H](C)CO)C[C@@H]1C. The monoisotopic (exact) mass is 534 g/mol. The van der Waals surface area contributed by atoms with Crippen LogP contribution in [0.5, 0.6) is 5.75 Å². The molecule has 216 valence electrons. The molecule has 1 heterocycles. The van der Waals surface area contributed by atoms with Crippen LogP contribution < -0.4 is 15.4 Å². The van der Waals surface area contributed by atoms with E-state index in [1.165, 1.54) is 0 Å². The highest BCUT2D eigenvalue weighted by atomic mass is 16.5. The van der Waals surface area contributed by atoms with Crippen molar-refractivity contribution in [3.05, 3.63) is 23.8 Å². The number of rotatable bonds is 8. The molecule has 38 heavy (non-hydrogen) atoms. The summed E-state index contributed by atoms with van der Waals surface area (Å²) in [5, 5.41) is 15.7. The number of aliphatic hydroxyl groups excluding tert-OH is 1. The molecule has 1 aromatic rings. The molecule has 9 heteroatoms. The molecule has 0 radical (unpaired) electrons. The molecule has 0 saturated heterocycles. The molecule has 1 aliphatic rings. The van der Waals surface area contributed by atoms with Crippen LogP contribution in [0.1, 0.15) is 77.6 Å². The topological polar surface area (TPSA) is 103 Å². The fourth-order valence-corrected chi connectivity index (χ4v) is 4.67. The van der Waals surface area contributed by atoms with E-state index in [4.69, 9.17) is 9.47 Å². The molecule has 0 aromatic heterocycles. The van der Waals surface area contributed by atoms with Gasteiger partial charge in [-0.2, -0.15) is 0 Å². The molecule has 9 nitrogen and oxygen atoms in total. The van der Waals surface area contributed by atoms with Crippen LogP contribution in [0.3, 0.4) is 0 Å². The standard InChI is InChI=1S/C29H50N4O5/c1-8-14-32(7)18-27-21(4)17-33(22(5)19-34)28(35)25-16-24(31-29(36)30-20(2)3)12-13-26(25)38-23(6)11-9-10-15-37-27/h12-13,16,20-23,27,34H,8-11,14-15,17-19H2,1-7H3,(H2,30,31,36)/t21-,22-,23+,27-/m0/s1. The summed E-state index contributed by atoms with van der Waals surface area (Å²) < 4.78 is 12.6. The van der Waals surface area contributed by atoms with Crippen LogP contribution in [0, 0.1) is 5.92 Å². The van der Waals surface area contributed by atoms with Crippen molar-refractivity contribution in [1.29, 1.82) is 0 Å². The number of nitrogens with one attached hydrogen (secondary N) is 2. The predicted octanol–water partition coefficient (Wildman–Crippen LogP) is 4.35. The Balaban J connectivity index is 2.45. The second kappa shape index (κ2) is 15.9. The normalized spacial score (nSPS) is 22.4. The molecule has 1 aliphatic heterocycles. The Bertz CT molecular complexity index is 881. The molecule has 1 aromatic carbocycles. The van der Waals surface area contributed by atoms with E-state index in [1.807, 2.05) is 27.7 Å². The van der Waals surface area contributed by atoms with Crippen molar-refractivity contribution in [2.45, 2.75) is 91.5 Å². The zero-order chi connectivity index (χ0) is 28.2. The third-order valence-corrected chi connectivity index (χ3v) is 6.83. The number of anilines is 1. The number of likely N-dealkylation sites (N-methyl/N-ethyl adjacent to an activating group) is 1. The lowest BCUT2D eigenvalue weighted by Gasteiger charge is -2.35. The summed E-state index contributed by atoms with van der Waals surface area (Å²) in [7, 11) is 2.10. The van der Waals surface area contributed by atoms with E-state index < -0.39 is 6.04 Å². The fraction of sp³-hybridized carbons (Fsp3) is 0.724. The Hall–Kier alpha value is -2.36. The van der Waals surface area contributed by atoms with E-state index in [0.29, 0.717) is 30.2 Å². The minimum atomic E-state index is -0.405. The van der Waals surface area contributed by atoms with E-state index in [9.17, 15) is 14.7 Å². The third kappa shape index (κ3) is 10.1. The highest BCUT2D eigenvalue weighted by Gasteiger charge is 2.30.